The van der Waals surface area contributed by atoms with Gasteiger partial charge in [-0.2, -0.15) is 0 Å². The van der Waals surface area contributed by atoms with E-state index in [1.54, 1.807) is 42.7 Å². The molecule has 1 atom stereocenters. The van der Waals surface area contributed by atoms with Gasteiger partial charge in [0.2, 0.25) is 5.91 Å². The average molecular weight is 334 g/mol. The smallest absolute Gasteiger partial charge is 0.274 e. The highest BCUT2D eigenvalue weighted by molar-refractivity contribution is 5.93. The first-order chi connectivity index (χ1) is 12.1. The predicted octanol–water partition coefficient (Wildman–Crippen LogP) is 2.38. The maximum atomic E-state index is 11.9. The minimum absolute atomic E-state index is 0.222. The second-order valence-electron chi connectivity index (χ2n) is 5.26. The summed E-state index contributed by atoms with van der Waals surface area (Å²) in [6, 6.07) is 15.7. The Balaban J connectivity index is 1.91. The van der Waals surface area contributed by atoms with Gasteiger partial charge in [-0.05, 0) is 42.8 Å². The fraction of sp³-hybridized carbons (Fsp3) is 0.100. The Bertz CT molecular complexity index is 816. The molecule has 0 radical (unpaired) electrons. The highest BCUT2D eigenvalue weighted by atomic mass is 16.5. The molecule has 2 aromatic rings. The summed E-state index contributed by atoms with van der Waals surface area (Å²) in [5.74, 6) is 5.05. The molecule has 0 spiro atoms. The van der Waals surface area contributed by atoms with Gasteiger partial charge in [0, 0.05) is 17.2 Å². The maximum absolute atomic E-state index is 11.9. The SMILES string of the molecule is CC(C#Cc1ccc(C(=O)NO)cc1)NC(=O)/C=C/c1ccccc1. The van der Waals surface area contributed by atoms with Crippen LogP contribution in [0.2, 0.25) is 0 Å². The van der Waals surface area contributed by atoms with Gasteiger partial charge in [-0.25, -0.2) is 5.48 Å². The topological polar surface area (TPSA) is 78.4 Å². The number of nitrogens with one attached hydrogen (secondary N) is 2. The van der Waals surface area contributed by atoms with Gasteiger partial charge in [-0.1, -0.05) is 42.2 Å². The average Bonchev–Trinajstić information content (AvgIpc) is 2.65. The second-order valence-corrected chi connectivity index (χ2v) is 5.26. The van der Waals surface area contributed by atoms with E-state index in [2.05, 4.69) is 17.2 Å². The first-order valence-corrected chi connectivity index (χ1v) is 7.68. The van der Waals surface area contributed by atoms with Crippen LogP contribution >= 0.6 is 0 Å². The largest absolute Gasteiger partial charge is 0.339 e. The number of rotatable bonds is 4. The third-order valence-corrected chi connectivity index (χ3v) is 3.27. The number of amides is 2. The molecular weight excluding hydrogens is 316 g/mol. The number of hydrogen-bond donors (Lipinski definition) is 3. The van der Waals surface area contributed by atoms with Crippen molar-refractivity contribution < 1.29 is 14.8 Å². The number of hydroxylamine groups is 1. The first-order valence-electron chi connectivity index (χ1n) is 7.68. The van der Waals surface area contributed by atoms with E-state index in [9.17, 15) is 9.59 Å². The standard InChI is InChI=1S/C20H18N2O3/c1-15(21-19(23)14-11-16-5-3-2-4-6-16)7-8-17-9-12-18(13-10-17)20(24)22-25/h2-6,9-15,25H,1H3,(H,21,23)(H,22,24)/b14-11+. The van der Waals surface area contributed by atoms with Crippen molar-refractivity contribution in [2.75, 3.05) is 0 Å². The molecule has 0 aromatic heterocycles. The van der Waals surface area contributed by atoms with Gasteiger partial charge >= 0.3 is 0 Å². The van der Waals surface area contributed by atoms with Crippen LogP contribution in [0, 0.1) is 11.8 Å². The Morgan fingerprint density at radius 2 is 1.76 bits per heavy atom. The minimum Gasteiger partial charge on any atom is -0.339 e. The normalized spacial score (nSPS) is 11.3. The molecule has 0 bridgehead atoms. The van der Waals surface area contributed by atoms with E-state index < -0.39 is 5.91 Å². The Morgan fingerprint density at radius 3 is 2.40 bits per heavy atom. The molecule has 0 aliphatic carbocycles. The van der Waals surface area contributed by atoms with Gasteiger partial charge in [0.1, 0.15) is 0 Å². The van der Waals surface area contributed by atoms with E-state index in [0.717, 1.165) is 5.56 Å². The van der Waals surface area contributed by atoms with Crippen LogP contribution in [0.15, 0.2) is 60.7 Å². The van der Waals surface area contributed by atoms with Crippen LogP contribution in [0.4, 0.5) is 0 Å². The lowest BCUT2D eigenvalue weighted by molar-refractivity contribution is -0.116. The van der Waals surface area contributed by atoms with E-state index in [1.165, 1.54) is 6.08 Å². The lowest BCUT2D eigenvalue weighted by Crippen LogP contribution is -2.29. The van der Waals surface area contributed by atoms with Crippen molar-refractivity contribution in [3.8, 4) is 11.8 Å². The molecule has 0 heterocycles. The number of carbonyl (C=O) groups excluding carboxylic acids is 2. The summed E-state index contributed by atoms with van der Waals surface area (Å²) in [6.07, 6.45) is 3.20. The fourth-order valence-electron chi connectivity index (χ4n) is 1.99. The zero-order valence-electron chi connectivity index (χ0n) is 13.7. The third kappa shape index (κ3) is 5.98. The molecule has 0 fully saturated rings. The van der Waals surface area contributed by atoms with E-state index in [-0.39, 0.29) is 11.9 Å². The minimum atomic E-state index is -0.578. The number of benzene rings is 2. The summed E-state index contributed by atoms with van der Waals surface area (Å²) < 4.78 is 0. The Hall–Kier alpha value is -3.36. The van der Waals surface area contributed by atoms with Crippen molar-refractivity contribution in [2.45, 2.75) is 13.0 Å². The quantitative estimate of drug-likeness (QED) is 0.348. The number of carbonyl (C=O) groups is 2. The monoisotopic (exact) mass is 334 g/mol. The Labute approximate surface area is 146 Å². The third-order valence-electron chi connectivity index (χ3n) is 3.27. The van der Waals surface area contributed by atoms with Crippen LogP contribution in [0.3, 0.4) is 0 Å². The summed E-state index contributed by atoms with van der Waals surface area (Å²) in [7, 11) is 0. The molecule has 126 valence electrons. The van der Waals surface area contributed by atoms with Crippen LogP contribution in [0.1, 0.15) is 28.4 Å². The molecule has 0 aliphatic rings. The molecule has 0 saturated heterocycles. The summed E-state index contributed by atoms with van der Waals surface area (Å²) >= 11 is 0. The van der Waals surface area contributed by atoms with Crippen molar-refractivity contribution in [1.29, 1.82) is 0 Å². The van der Waals surface area contributed by atoms with Crippen LogP contribution in [0.25, 0.3) is 6.08 Å². The van der Waals surface area contributed by atoms with Crippen LogP contribution in [-0.2, 0) is 4.79 Å². The van der Waals surface area contributed by atoms with E-state index in [1.807, 2.05) is 30.3 Å². The van der Waals surface area contributed by atoms with Gasteiger partial charge < -0.3 is 5.32 Å². The molecule has 3 N–H and O–H groups in total. The van der Waals surface area contributed by atoms with Crippen molar-refractivity contribution in [2.24, 2.45) is 0 Å². The molecule has 2 amide bonds. The Kier molecular flexibility index (Phi) is 6.52. The Morgan fingerprint density at radius 1 is 1.08 bits per heavy atom. The van der Waals surface area contributed by atoms with Crippen molar-refractivity contribution in [3.05, 3.63) is 77.4 Å². The highest BCUT2D eigenvalue weighted by Gasteiger charge is 2.03. The maximum Gasteiger partial charge on any atom is 0.274 e. The van der Waals surface area contributed by atoms with E-state index in [0.29, 0.717) is 11.1 Å². The fourth-order valence-corrected chi connectivity index (χ4v) is 1.99. The molecule has 1 unspecified atom stereocenters. The van der Waals surface area contributed by atoms with Crippen molar-refractivity contribution in [3.63, 3.8) is 0 Å². The van der Waals surface area contributed by atoms with Crippen molar-refractivity contribution >= 4 is 17.9 Å². The van der Waals surface area contributed by atoms with Gasteiger partial charge in [-0.15, -0.1) is 0 Å². The second kappa shape index (κ2) is 9.06. The molecule has 25 heavy (non-hydrogen) atoms. The summed E-state index contributed by atoms with van der Waals surface area (Å²) in [5, 5.41) is 11.3. The highest BCUT2D eigenvalue weighted by Crippen LogP contribution is 2.03. The predicted molar refractivity (Wildman–Crippen MR) is 95.7 cm³/mol. The van der Waals surface area contributed by atoms with E-state index >= 15 is 0 Å². The molecule has 2 rings (SSSR count). The zero-order valence-corrected chi connectivity index (χ0v) is 13.7. The van der Waals surface area contributed by atoms with Gasteiger partial charge in [0.25, 0.3) is 5.91 Å². The van der Waals surface area contributed by atoms with Crippen LogP contribution < -0.4 is 10.8 Å². The first kappa shape index (κ1) is 18.0. The molecule has 5 heteroatoms. The number of hydrogen-bond acceptors (Lipinski definition) is 3. The lowest BCUT2D eigenvalue weighted by Gasteiger charge is -2.04. The van der Waals surface area contributed by atoms with E-state index in [4.69, 9.17) is 5.21 Å². The summed E-state index contributed by atoms with van der Waals surface area (Å²) in [5.41, 5.74) is 3.55. The molecular formula is C20H18N2O3. The van der Waals surface area contributed by atoms with Gasteiger partial charge in [-0.3, -0.25) is 14.8 Å². The van der Waals surface area contributed by atoms with Gasteiger partial charge in [0.05, 0.1) is 6.04 Å². The van der Waals surface area contributed by atoms with Crippen molar-refractivity contribution in [1.82, 2.24) is 10.8 Å². The van der Waals surface area contributed by atoms with Crippen LogP contribution in [0.5, 0.6) is 0 Å². The molecule has 0 saturated carbocycles. The van der Waals surface area contributed by atoms with Crippen LogP contribution in [-0.4, -0.2) is 23.1 Å². The molecule has 5 nitrogen and oxygen atoms in total. The van der Waals surface area contributed by atoms with Gasteiger partial charge in [0.15, 0.2) is 0 Å². The summed E-state index contributed by atoms with van der Waals surface area (Å²) in [6.45, 7) is 1.79. The zero-order chi connectivity index (χ0) is 18.1. The lowest BCUT2D eigenvalue weighted by atomic mass is 10.1. The molecule has 0 aliphatic heterocycles. The summed E-state index contributed by atoms with van der Waals surface area (Å²) in [4.78, 5) is 23.1. The molecule has 2 aromatic carbocycles.